The van der Waals surface area contributed by atoms with Crippen molar-refractivity contribution in [2.24, 2.45) is 28.3 Å². The maximum atomic E-state index is 11.5. The molecule has 3 aromatic heterocycles. The van der Waals surface area contributed by atoms with E-state index in [9.17, 15) is 9.59 Å². The number of amides is 2. The standard InChI is InChI=1S/C30H41N5O4Si.C25H28N4O3/c1-40(2,3)17-16-37-21-35-27(10-13-33-35)24-6-9-29(32-19-24)39-25-7-4-22-5-8-26(38-28(22)18-25)20-34-14-11-23(12-15-34)30(31)36;26-25(30)18-8-11-29(12-9-18)16-22-5-2-17-1-4-21(13-23(17)31-22)32-24-6-3-19(15-28-24)20-7-10-27-14-20/h4,6-7,9-10,13,18-19,23,26H,5,8,11-12,14-17,20-21H2,1-3H3,(H2,31,36);1,3-4,6-7,10,13,15,18,22H,2,5,8-9,11-12,14,16H2,(H2,26,30). The van der Waals surface area contributed by atoms with Crippen LogP contribution in [0.5, 0.6) is 34.8 Å². The Bertz CT molecular complexity index is 2690. The zero-order valence-corrected chi connectivity index (χ0v) is 42.9. The first kappa shape index (κ1) is 50.5. The first-order valence-corrected chi connectivity index (χ1v) is 29.3. The Hall–Kier alpha value is -6.40. The Morgan fingerprint density at radius 3 is 1.71 bits per heavy atom. The van der Waals surface area contributed by atoms with Gasteiger partial charge in [0.1, 0.15) is 41.9 Å². The average molecular weight is 996 g/mol. The second-order valence-corrected chi connectivity index (χ2v) is 26.4. The van der Waals surface area contributed by atoms with Gasteiger partial charge in [0.15, 0.2) is 0 Å². The highest BCUT2D eigenvalue weighted by molar-refractivity contribution is 6.76. The van der Waals surface area contributed by atoms with Gasteiger partial charge in [-0.2, -0.15) is 5.10 Å². The van der Waals surface area contributed by atoms with Crippen molar-refractivity contribution in [1.82, 2.24) is 29.5 Å². The molecule has 2 unspecified atom stereocenters. The van der Waals surface area contributed by atoms with E-state index < -0.39 is 8.07 Å². The fourth-order valence-electron chi connectivity index (χ4n) is 9.78. The summed E-state index contributed by atoms with van der Waals surface area (Å²) in [5, 5.41) is 4.42. The van der Waals surface area contributed by atoms with Gasteiger partial charge in [0, 0.05) is 94.2 Å². The van der Waals surface area contributed by atoms with E-state index in [4.69, 9.17) is 35.2 Å². The van der Waals surface area contributed by atoms with Gasteiger partial charge in [-0.3, -0.25) is 24.4 Å². The van der Waals surface area contributed by atoms with Gasteiger partial charge in [-0.25, -0.2) is 14.6 Å². The molecule has 5 aliphatic heterocycles. The molecule has 5 aromatic rings. The van der Waals surface area contributed by atoms with E-state index in [1.54, 1.807) is 12.4 Å². The number of rotatable bonds is 17. The number of aromatic nitrogens is 4. The van der Waals surface area contributed by atoms with Crippen molar-refractivity contribution < 1.29 is 33.3 Å². The first-order chi connectivity index (χ1) is 34.9. The van der Waals surface area contributed by atoms with Crippen LogP contribution in [-0.2, 0) is 33.9 Å². The normalized spacial score (nSPS) is 19.5. The van der Waals surface area contributed by atoms with Gasteiger partial charge in [0.05, 0.1) is 12.2 Å². The second kappa shape index (κ2) is 23.4. The molecule has 2 amide bonds. The van der Waals surface area contributed by atoms with Crippen molar-refractivity contribution in [3.63, 3.8) is 0 Å². The zero-order chi connectivity index (χ0) is 50.0. The molecule has 17 heteroatoms. The third-order valence-electron chi connectivity index (χ3n) is 14.2. The molecule has 380 valence electrons. The van der Waals surface area contributed by atoms with Crippen LogP contribution in [0.4, 0.5) is 0 Å². The number of hydrogen-bond donors (Lipinski definition) is 2. The van der Waals surface area contributed by atoms with Gasteiger partial charge in [-0.15, -0.1) is 0 Å². The van der Waals surface area contributed by atoms with Gasteiger partial charge in [-0.05, 0) is 142 Å². The fourth-order valence-corrected chi connectivity index (χ4v) is 10.5. The second-order valence-electron chi connectivity index (χ2n) is 20.8. The molecule has 0 radical (unpaired) electrons. The number of likely N-dealkylation sites (tertiary alicyclic amines) is 2. The topological polar surface area (TPSA) is 195 Å². The van der Waals surface area contributed by atoms with Gasteiger partial charge in [-0.1, -0.05) is 31.8 Å². The smallest absolute Gasteiger partial charge is 0.220 e. The lowest BCUT2D eigenvalue weighted by Gasteiger charge is -2.35. The van der Waals surface area contributed by atoms with Crippen LogP contribution in [0.2, 0.25) is 25.7 Å². The molecule has 0 aliphatic carbocycles. The summed E-state index contributed by atoms with van der Waals surface area (Å²) in [4.78, 5) is 40.8. The van der Waals surface area contributed by atoms with Gasteiger partial charge in [0.2, 0.25) is 23.6 Å². The third kappa shape index (κ3) is 13.8. The third-order valence-corrected chi connectivity index (χ3v) is 15.9. The fraction of sp³-hybridized carbons (Fsp3) is 0.455. The van der Waals surface area contributed by atoms with E-state index in [0.717, 1.165) is 143 Å². The number of ether oxygens (including phenoxy) is 5. The molecule has 2 atom stereocenters. The van der Waals surface area contributed by atoms with Crippen molar-refractivity contribution in [2.45, 2.75) is 96.0 Å². The highest BCUT2D eigenvalue weighted by Gasteiger charge is 2.29. The molecule has 5 aliphatic rings. The lowest BCUT2D eigenvalue weighted by molar-refractivity contribution is -0.124. The van der Waals surface area contributed by atoms with Crippen molar-refractivity contribution >= 4 is 31.7 Å². The average Bonchev–Trinajstić information content (AvgIpc) is 4.10. The summed E-state index contributed by atoms with van der Waals surface area (Å²) >= 11 is 0. The number of carbonyl (C=O) groups is 2. The van der Waals surface area contributed by atoms with Crippen LogP contribution in [0.15, 0.2) is 96.4 Å². The number of nitrogens with zero attached hydrogens (tertiary/aromatic N) is 7. The number of carbonyl (C=O) groups excluding carboxylic acids is 2. The Kier molecular flexibility index (Phi) is 16.4. The SMILES string of the molecule is C[Si](C)(C)CCOCn1nccc1-c1ccc(Oc2ccc3c(c2)OC(CN2CCC(C(N)=O)CC2)CC3)nc1.NC(=O)C1CCN(CC2CCc3ccc(Oc4ccc(C5=CC=NC5)cn4)cc3O2)CC1. The van der Waals surface area contributed by atoms with Crippen LogP contribution < -0.4 is 30.4 Å². The number of hydrogen-bond acceptors (Lipinski definition) is 13. The van der Waals surface area contributed by atoms with Crippen molar-refractivity contribution in [3.8, 4) is 46.0 Å². The van der Waals surface area contributed by atoms with Gasteiger partial charge < -0.3 is 35.2 Å². The number of primary amides is 2. The minimum absolute atomic E-state index is 0.00688. The van der Waals surface area contributed by atoms with Crippen molar-refractivity contribution in [1.29, 1.82) is 0 Å². The summed E-state index contributed by atoms with van der Waals surface area (Å²) in [5.41, 5.74) is 17.5. The van der Waals surface area contributed by atoms with Crippen molar-refractivity contribution in [2.75, 3.05) is 52.4 Å². The lowest BCUT2D eigenvalue weighted by atomic mass is 9.95. The summed E-state index contributed by atoms with van der Waals surface area (Å²) in [6, 6.07) is 22.9. The maximum Gasteiger partial charge on any atom is 0.220 e. The Morgan fingerprint density at radius 1 is 0.694 bits per heavy atom. The molecule has 16 nitrogen and oxygen atoms in total. The number of fused-ring (bicyclic) bond motifs is 2. The number of aliphatic imine (C=N–C) groups is 1. The number of piperidine rings is 2. The molecular formula is C55H69N9O7Si. The number of allylic oxidation sites excluding steroid dienone is 1. The summed E-state index contributed by atoms with van der Waals surface area (Å²) in [6.07, 6.45) is 16.8. The molecule has 2 fully saturated rings. The monoisotopic (exact) mass is 996 g/mol. The Morgan fingerprint density at radius 2 is 1.24 bits per heavy atom. The molecule has 8 heterocycles. The van der Waals surface area contributed by atoms with E-state index >= 15 is 0 Å². The first-order valence-electron chi connectivity index (χ1n) is 25.6. The molecule has 0 bridgehead atoms. The summed E-state index contributed by atoms with van der Waals surface area (Å²) in [7, 11) is -1.12. The van der Waals surface area contributed by atoms with E-state index in [0.29, 0.717) is 30.8 Å². The van der Waals surface area contributed by atoms with Gasteiger partial charge in [0.25, 0.3) is 0 Å². The lowest BCUT2D eigenvalue weighted by Crippen LogP contribution is -2.43. The summed E-state index contributed by atoms with van der Waals surface area (Å²) < 4.78 is 32.5. The van der Waals surface area contributed by atoms with E-state index in [1.165, 1.54) is 11.1 Å². The van der Waals surface area contributed by atoms with Crippen LogP contribution in [0.25, 0.3) is 16.8 Å². The number of aryl methyl sites for hydroxylation is 2. The largest absolute Gasteiger partial charge is 0.489 e. The minimum Gasteiger partial charge on any atom is -0.489 e. The molecular weight excluding hydrogens is 927 g/mol. The minimum atomic E-state index is -1.12. The predicted octanol–water partition coefficient (Wildman–Crippen LogP) is 8.17. The maximum absolute atomic E-state index is 11.5. The molecule has 10 rings (SSSR count). The van der Waals surface area contributed by atoms with Gasteiger partial charge >= 0.3 is 0 Å². The number of benzene rings is 2. The molecule has 0 spiro atoms. The molecule has 2 saturated heterocycles. The quantitative estimate of drug-likeness (QED) is 0.0671. The molecule has 2 aromatic carbocycles. The highest BCUT2D eigenvalue weighted by Crippen LogP contribution is 2.36. The summed E-state index contributed by atoms with van der Waals surface area (Å²) in [5.74, 6) is 3.92. The molecule has 0 saturated carbocycles. The molecule has 72 heavy (non-hydrogen) atoms. The van der Waals surface area contributed by atoms with Crippen LogP contribution in [0.1, 0.15) is 55.2 Å². The van der Waals surface area contributed by atoms with Crippen LogP contribution in [0, 0.1) is 11.8 Å². The predicted molar refractivity (Wildman–Crippen MR) is 280 cm³/mol. The van der Waals surface area contributed by atoms with Crippen LogP contribution in [0.3, 0.4) is 0 Å². The Balaban J connectivity index is 0.000000182. The van der Waals surface area contributed by atoms with Crippen molar-refractivity contribution in [3.05, 3.63) is 108 Å². The summed E-state index contributed by atoms with van der Waals surface area (Å²) in [6.45, 7) is 14.2. The zero-order valence-electron chi connectivity index (χ0n) is 41.9. The highest BCUT2D eigenvalue weighted by atomic mass is 28.3. The number of pyridine rings is 2. The van der Waals surface area contributed by atoms with E-state index in [1.807, 2.05) is 77.8 Å². The number of nitrogens with two attached hydrogens (primary N) is 2. The van der Waals surface area contributed by atoms with E-state index in [-0.39, 0.29) is 35.9 Å². The Labute approximate surface area is 423 Å². The van der Waals surface area contributed by atoms with E-state index in [2.05, 4.69) is 61.6 Å². The van der Waals surface area contributed by atoms with Crippen LogP contribution >= 0.6 is 0 Å². The van der Waals surface area contributed by atoms with Crippen LogP contribution in [-0.4, -0.2) is 120 Å². The molecule has 4 N–H and O–H groups in total.